The first-order chi connectivity index (χ1) is 19.1. The van der Waals surface area contributed by atoms with Gasteiger partial charge < -0.3 is 15.8 Å². The lowest BCUT2D eigenvalue weighted by Gasteiger charge is -2.71. The third-order valence-corrected chi connectivity index (χ3v) is 14.3. The van der Waals surface area contributed by atoms with Crippen LogP contribution in [-0.4, -0.2) is 26.3 Å². The average Bonchev–Trinajstić information content (AvgIpc) is 3.54. The Morgan fingerprint density at radius 3 is 2.44 bits per heavy atom. The summed E-state index contributed by atoms with van der Waals surface area (Å²) in [5.74, 6) is 1.22. The van der Waals surface area contributed by atoms with Crippen LogP contribution in [0.25, 0.3) is 5.57 Å². The van der Waals surface area contributed by atoms with Crippen LogP contribution in [0.5, 0.6) is 0 Å². The Kier molecular flexibility index (Phi) is 5.41. The number of nitrogens with zero attached hydrogens (tertiary/aromatic N) is 1. The van der Waals surface area contributed by atoms with Crippen molar-refractivity contribution in [2.45, 2.75) is 112 Å². The molecule has 2 aromatic heterocycles. The van der Waals surface area contributed by atoms with E-state index >= 15 is 0 Å². The zero-order valence-corrected chi connectivity index (χ0v) is 26.2. The van der Waals surface area contributed by atoms with Crippen molar-refractivity contribution >= 4 is 17.4 Å². The van der Waals surface area contributed by atoms with Gasteiger partial charge in [-0.2, -0.15) is 5.10 Å². The van der Waals surface area contributed by atoms with E-state index in [-0.39, 0.29) is 33.0 Å². The van der Waals surface area contributed by atoms with Crippen molar-refractivity contribution in [3.05, 3.63) is 40.9 Å². The van der Waals surface area contributed by atoms with Crippen molar-refractivity contribution in [1.29, 1.82) is 0 Å². The van der Waals surface area contributed by atoms with Gasteiger partial charge >= 0.3 is 5.97 Å². The number of hydrogen-bond acceptors (Lipinski definition) is 3. The molecular weight excluding hydrogens is 508 g/mol. The van der Waals surface area contributed by atoms with Gasteiger partial charge in [0.25, 0.3) is 0 Å². The fourth-order valence-corrected chi connectivity index (χ4v) is 12.0. The van der Waals surface area contributed by atoms with Gasteiger partial charge in [0.15, 0.2) is 0 Å². The van der Waals surface area contributed by atoms with Crippen LogP contribution < -0.4 is 5.73 Å². The Balaban J connectivity index is 1.47. The van der Waals surface area contributed by atoms with E-state index in [9.17, 15) is 9.90 Å². The number of allylic oxidation sites excluding steroid dienone is 2. The molecular formula is C35H50N4O2. The van der Waals surface area contributed by atoms with E-state index in [0.717, 1.165) is 50.8 Å². The Morgan fingerprint density at radius 2 is 1.76 bits per heavy atom. The maximum absolute atomic E-state index is 13.2. The van der Waals surface area contributed by atoms with Gasteiger partial charge in [-0.1, -0.05) is 54.0 Å². The molecule has 5 N–H and O–H groups in total. The molecule has 2 aromatic rings. The van der Waals surface area contributed by atoms with Crippen LogP contribution in [0.15, 0.2) is 24.0 Å². The standard InChI is InChI=1S/C35H50N4O2/c1-30(2)11-13-35(29(40)41)14-12-34(7)26(23(35)18-30)21(20-9-15-37-19-20)16-25-32(5)17-22-27(38-39-28(22)36)31(3,4)24(32)8-10-33(25,34)6/h9,15,19,23-25,37H,8,10-14,16-18H2,1-7H3,(H,40,41)(H3,36,38,39)/t23-,24-,25?,32-,33+,34+,35-/m0/s1. The summed E-state index contributed by atoms with van der Waals surface area (Å²) in [6.07, 6.45) is 13.0. The van der Waals surface area contributed by atoms with Gasteiger partial charge in [-0.15, -0.1) is 0 Å². The van der Waals surface area contributed by atoms with E-state index in [1.54, 1.807) is 0 Å². The second-order valence-corrected chi connectivity index (χ2v) is 16.8. The molecule has 1 unspecified atom stereocenters. The number of nitrogen functional groups attached to an aromatic ring is 1. The van der Waals surface area contributed by atoms with Crippen LogP contribution in [0.4, 0.5) is 5.82 Å². The second-order valence-electron chi connectivity index (χ2n) is 16.8. The van der Waals surface area contributed by atoms with Gasteiger partial charge in [0.05, 0.1) is 11.1 Å². The van der Waals surface area contributed by atoms with Crippen LogP contribution in [-0.2, 0) is 16.6 Å². The predicted octanol–water partition coefficient (Wildman–Crippen LogP) is 7.75. The minimum atomic E-state index is -0.650. The van der Waals surface area contributed by atoms with Gasteiger partial charge in [0, 0.05) is 23.4 Å². The molecule has 2 heterocycles. The largest absolute Gasteiger partial charge is 0.481 e. The van der Waals surface area contributed by atoms with Gasteiger partial charge in [0.1, 0.15) is 5.82 Å². The number of aromatic amines is 2. The highest BCUT2D eigenvalue weighted by Crippen LogP contribution is 2.77. The highest BCUT2D eigenvalue weighted by molar-refractivity contribution is 5.80. The Morgan fingerprint density at radius 1 is 1.02 bits per heavy atom. The van der Waals surface area contributed by atoms with E-state index in [4.69, 9.17) is 10.8 Å². The summed E-state index contributed by atoms with van der Waals surface area (Å²) in [4.78, 5) is 16.6. The summed E-state index contributed by atoms with van der Waals surface area (Å²) in [5.41, 5.74) is 12.7. The van der Waals surface area contributed by atoms with Crippen molar-refractivity contribution in [2.75, 3.05) is 5.73 Å². The van der Waals surface area contributed by atoms with Crippen molar-refractivity contribution in [3.8, 4) is 0 Å². The van der Waals surface area contributed by atoms with Crippen molar-refractivity contribution < 1.29 is 9.90 Å². The third-order valence-electron chi connectivity index (χ3n) is 14.3. The number of fused-ring (bicyclic) bond motifs is 8. The number of carboxylic acid groups (broad SMARTS) is 1. The lowest BCUT2D eigenvalue weighted by Crippen LogP contribution is -2.65. The number of hydrogen-bond donors (Lipinski definition) is 4. The van der Waals surface area contributed by atoms with E-state index in [1.807, 2.05) is 6.20 Å². The van der Waals surface area contributed by atoms with E-state index in [0.29, 0.717) is 11.8 Å². The maximum atomic E-state index is 13.2. The van der Waals surface area contributed by atoms with E-state index < -0.39 is 11.4 Å². The number of nitrogens with two attached hydrogens (primary N) is 1. The monoisotopic (exact) mass is 558 g/mol. The molecule has 0 radical (unpaired) electrons. The zero-order valence-electron chi connectivity index (χ0n) is 26.2. The molecule has 0 aromatic carbocycles. The van der Waals surface area contributed by atoms with Crippen LogP contribution in [0.1, 0.15) is 117 Å². The molecule has 0 saturated heterocycles. The van der Waals surface area contributed by atoms with Crippen molar-refractivity contribution in [2.24, 2.45) is 44.8 Å². The molecule has 0 amide bonds. The fraction of sp³-hybridized carbons (Fsp3) is 0.714. The number of aliphatic carboxylic acids is 1. The third kappa shape index (κ3) is 3.25. The number of anilines is 1. The number of carboxylic acids is 1. The maximum Gasteiger partial charge on any atom is 0.310 e. The Bertz CT molecular complexity index is 1450. The highest BCUT2D eigenvalue weighted by atomic mass is 16.4. The molecule has 3 saturated carbocycles. The van der Waals surface area contributed by atoms with E-state index in [2.05, 4.69) is 70.8 Å². The summed E-state index contributed by atoms with van der Waals surface area (Å²) in [6.45, 7) is 17.2. The number of carbonyl (C=O) groups is 1. The molecule has 222 valence electrons. The van der Waals surface area contributed by atoms with Crippen LogP contribution >= 0.6 is 0 Å². The van der Waals surface area contributed by atoms with Gasteiger partial charge in [-0.3, -0.25) is 9.89 Å². The lowest BCUT2D eigenvalue weighted by molar-refractivity contribution is -0.175. The quantitative estimate of drug-likeness (QED) is 0.302. The molecule has 5 aliphatic rings. The summed E-state index contributed by atoms with van der Waals surface area (Å²) in [5, 5.41) is 18.8. The molecule has 7 rings (SSSR count). The number of aromatic nitrogens is 3. The molecule has 6 heteroatoms. The van der Waals surface area contributed by atoms with Crippen molar-refractivity contribution in [1.82, 2.24) is 15.2 Å². The van der Waals surface area contributed by atoms with E-state index in [1.165, 1.54) is 40.8 Å². The summed E-state index contributed by atoms with van der Waals surface area (Å²) in [7, 11) is 0. The molecule has 0 spiro atoms. The second kappa shape index (κ2) is 8.11. The number of nitrogens with one attached hydrogen (secondary N) is 2. The average molecular weight is 559 g/mol. The van der Waals surface area contributed by atoms with Crippen molar-refractivity contribution in [3.63, 3.8) is 0 Å². The fourth-order valence-electron chi connectivity index (χ4n) is 12.0. The first-order valence-corrected chi connectivity index (χ1v) is 16.0. The van der Waals surface area contributed by atoms with Gasteiger partial charge in [-0.05, 0) is 114 Å². The van der Waals surface area contributed by atoms with Crippen LogP contribution in [0, 0.1) is 44.8 Å². The molecule has 5 aliphatic carbocycles. The Labute approximate surface area is 245 Å². The van der Waals surface area contributed by atoms with Crippen LogP contribution in [0.2, 0.25) is 0 Å². The lowest BCUT2D eigenvalue weighted by atomic mass is 9.33. The Hall–Kier alpha value is -2.50. The number of rotatable bonds is 2. The van der Waals surface area contributed by atoms with Gasteiger partial charge in [-0.25, -0.2) is 0 Å². The first-order valence-electron chi connectivity index (χ1n) is 16.0. The highest BCUT2D eigenvalue weighted by Gasteiger charge is 2.70. The molecule has 0 aliphatic heterocycles. The summed E-state index contributed by atoms with van der Waals surface area (Å²) in [6, 6.07) is 2.23. The van der Waals surface area contributed by atoms with Crippen LogP contribution in [0.3, 0.4) is 0 Å². The minimum absolute atomic E-state index is 0.0557. The molecule has 7 atom stereocenters. The molecule has 0 bridgehead atoms. The topological polar surface area (TPSA) is 108 Å². The number of H-pyrrole nitrogens is 2. The SMILES string of the molecule is CC1(C)CC[C@]2(C(=O)O)CC[C@]3(C)C(=C(c4cc[nH]c4)CC4[C@@]5(C)Cc6c(n[nH]c6N)C(C)(C)[C@@H]5CC[C@]43C)[C@@H]2C1. The first kappa shape index (κ1) is 27.3. The molecule has 41 heavy (non-hydrogen) atoms. The van der Waals surface area contributed by atoms with Gasteiger partial charge in [0.2, 0.25) is 0 Å². The molecule has 3 fully saturated rings. The smallest absolute Gasteiger partial charge is 0.310 e. The summed E-state index contributed by atoms with van der Waals surface area (Å²) >= 11 is 0. The predicted molar refractivity (Wildman–Crippen MR) is 163 cm³/mol. The minimum Gasteiger partial charge on any atom is -0.481 e. The normalized spacial score (nSPS) is 42.4. The molecule has 6 nitrogen and oxygen atoms in total. The zero-order chi connectivity index (χ0) is 29.4. The summed E-state index contributed by atoms with van der Waals surface area (Å²) < 4.78 is 0.